The van der Waals surface area contributed by atoms with Crippen LogP contribution >= 0.6 is 11.3 Å². The van der Waals surface area contributed by atoms with Gasteiger partial charge in [-0.2, -0.15) is 0 Å². The van der Waals surface area contributed by atoms with E-state index >= 15 is 0 Å². The molecule has 0 saturated heterocycles. The summed E-state index contributed by atoms with van der Waals surface area (Å²) in [5.74, 6) is 0.771. The third kappa shape index (κ3) is 2.16. The molecular weight excluding hydrogens is 306 g/mol. The average molecular weight is 325 g/mol. The minimum Gasteiger partial charge on any atom is -0.329 e. The molecule has 4 rings (SSSR count). The molecule has 0 amide bonds. The Bertz CT molecular complexity index is 978. The van der Waals surface area contributed by atoms with Crippen LogP contribution in [0.15, 0.2) is 23.8 Å². The summed E-state index contributed by atoms with van der Waals surface area (Å²) in [4.78, 5) is 10.5. The maximum Gasteiger partial charge on any atom is 0.192 e. The molecule has 23 heavy (non-hydrogen) atoms. The summed E-state index contributed by atoms with van der Waals surface area (Å²) in [6.07, 6.45) is 4.11. The predicted molar refractivity (Wildman–Crippen MR) is 94.0 cm³/mol. The van der Waals surface area contributed by atoms with Gasteiger partial charge in [0, 0.05) is 12.2 Å². The van der Waals surface area contributed by atoms with Crippen LogP contribution in [-0.2, 0) is 6.54 Å². The maximum atomic E-state index is 4.79. The van der Waals surface area contributed by atoms with E-state index in [9.17, 15) is 0 Å². The van der Waals surface area contributed by atoms with Gasteiger partial charge >= 0.3 is 0 Å². The smallest absolute Gasteiger partial charge is 0.192 e. The van der Waals surface area contributed by atoms with Crippen LogP contribution in [0.25, 0.3) is 27.4 Å². The summed E-state index contributed by atoms with van der Waals surface area (Å²) in [6, 6.07) is 4.07. The van der Waals surface area contributed by atoms with E-state index in [1.54, 1.807) is 22.2 Å². The molecule has 0 unspecified atom stereocenters. The lowest BCUT2D eigenvalue weighted by Gasteiger charge is -2.06. The quantitative estimate of drug-likeness (QED) is 0.564. The summed E-state index contributed by atoms with van der Waals surface area (Å²) in [7, 11) is 0. The number of nitrogens with zero attached hydrogens (tertiary/aromatic N) is 5. The summed E-state index contributed by atoms with van der Waals surface area (Å²) >= 11 is 1.66. The van der Waals surface area contributed by atoms with Crippen molar-refractivity contribution in [1.82, 2.24) is 24.1 Å². The number of fused-ring (bicyclic) bond motifs is 3. The molecule has 0 aromatic carbocycles. The molecule has 0 aliphatic carbocycles. The molecule has 6 heteroatoms. The van der Waals surface area contributed by atoms with Gasteiger partial charge in [-0.3, -0.25) is 0 Å². The summed E-state index contributed by atoms with van der Waals surface area (Å²) in [5.41, 5.74) is 4.44. The molecule has 0 aliphatic rings. The van der Waals surface area contributed by atoms with Crippen LogP contribution in [0.2, 0.25) is 0 Å². The molecule has 4 aromatic heterocycles. The van der Waals surface area contributed by atoms with Crippen LogP contribution in [0.4, 0.5) is 0 Å². The summed E-state index contributed by atoms with van der Waals surface area (Å²) in [5, 5.41) is 7.76. The highest BCUT2D eigenvalue weighted by atomic mass is 32.1. The van der Waals surface area contributed by atoms with E-state index in [0.717, 1.165) is 40.3 Å². The highest BCUT2D eigenvalue weighted by Gasteiger charge is 2.18. The minimum atomic E-state index is 0.771. The van der Waals surface area contributed by atoms with E-state index < -0.39 is 0 Å². The summed E-state index contributed by atoms with van der Waals surface area (Å²) < 4.78 is 4.11. The van der Waals surface area contributed by atoms with Crippen molar-refractivity contribution in [2.24, 2.45) is 0 Å². The molecule has 118 valence electrons. The number of hydrogen-bond donors (Lipinski definition) is 0. The second-order valence-electron chi connectivity index (χ2n) is 5.84. The number of rotatable bonds is 4. The van der Waals surface area contributed by atoms with Crippen molar-refractivity contribution < 1.29 is 0 Å². The van der Waals surface area contributed by atoms with Crippen LogP contribution < -0.4 is 0 Å². The Hall–Kier alpha value is -2.21. The fourth-order valence-corrected chi connectivity index (χ4v) is 3.68. The number of unbranched alkanes of at least 4 members (excludes halogenated alkanes) is 1. The van der Waals surface area contributed by atoms with Gasteiger partial charge in [0.1, 0.15) is 12.0 Å². The molecule has 4 heterocycles. The van der Waals surface area contributed by atoms with E-state index in [2.05, 4.69) is 41.5 Å². The van der Waals surface area contributed by atoms with Crippen molar-refractivity contribution >= 4 is 28.0 Å². The molecule has 0 bridgehead atoms. The van der Waals surface area contributed by atoms with Crippen molar-refractivity contribution in [2.75, 3.05) is 0 Å². The zero-order valence-electron chi connectivity index (χ0n) is 13.6. The molecule has 0 saturated carbocycles. The van der Waals surface area contributed by atoms with E-state index in [-0.39, 0.29) is 0 Å². The van der Waals surface area contributed by atoms with Crippen LogP contribution in [0.5, 0.6) is 0 Å². The maximum absolute atomic E-state index is 4.79. The van der Waals surface area contributed by atoms with Crippen molar-refractivity contribution in [2.45, 2.75) is 40.2 Å². The third-order valence-corrected chi connectivity index (χ3v) is 5.29. The molecule has 0 radical (unpaired) electrons. The monoisotopic (exact) mass is 325 g/mol. The van der Waals surface area contributed by atoms with Gasteiger partial charge in [-0.25, -0.2) is 14.5 Å². The highest BCUT2D eigenvalue weighted by Crippen LogP contribution is 2.29. The van der Waals surface area contributed by atoms with Gasteiger partial charge in [0.25, 0.3) is 0 Å². The van der Waals surface area contributed by atoms with Gasteiger partial charge in [-0.1, -0.05) is 19.4 Å². The van der Waals surface area contributed by atoms with Crippen molar-refractivity contribution in [3.63, 3.8) is 0 Å². The molecule has 0 fully saturated rings. The van der Waals surface area contributed by atoms with Crippen molar-refractivity contribution in [3.05, 3.63) is 35.1 Å². The SMILES string of the molecule is CCCCn1c(C)c(C)c2c1ncn1nc(-c3cccs3)nc21. The Morgan fingerprint density at radius 2 is 2.09 bits per heavy atom. The first kappa shape index (κ1) is 14.4. The van der Waals surface area contributed by atoms with Gasteiger partial charge < -0.3 is 4.57 Å². The average Bonchev–Trinajstić information content (AvgIpc) is 3.25. The standard InChI is InChI=1S/C17H19N5S/c1-4-5-8-21-12(3)11(2)14-16(21)18-10-22-17(14)19-15(20-22)13-7-6-9-23-13/h6-7,9-10H,4-5,8H2,1-3H3. The first-order chi connectivity index (χ1) is 11.2. The molecule has 5 nitrogen and oxygen atoms in total. The molecule has 0 N–H and O–H groups in total. The van der Waals surface area contributed by atoms with Crippen molar-refractivity contribution in [1.29, 1.82) is 0 Å². The van der Waals surface area contributed by atoms with Crippen molar-refractivity contribution in [3.8, 4) is 10.7 Å². The number of thiophene rings is 1. The zero-order chi connectivity index (χ0) is 16.0. The van der Waals surface area contributed by atoms with E-state index in [0.29, 0.717) is 0 Å². The van der Waals surface area contributed by atoms with Crippen LogP contribution in [0.1, 0.15) is 31.0 Å². The fraction of sp³-hybridized carbons (Fsp3) is 0.353. The molecule has 0 aliphatic heterocycles. The number of hydrogen-bond acceptors (Lipinski definition) is 4. The Kier molecular flexibility index (Phi) is 3.41. The number of aryl methyl sites for hydroxylation is 2. The second-order valence-corrected chi connectivity index (χ2v) is 6.79. The Morgan fingerprint density at radius 1 is 1.22 bits per heavy atom. The Morgan fingerprint density at radius 3 is 2.83 bits per heavy atom. The second kappa shape index (κ2) is 5.45. The van der Waals surface area contributed by atoms with Crippen LogP contribution in [0, 0.1) is 13.8 Å². The van der Waals surface area contributed by atoms with Gasteiger partial charge in [-0.15, -0.1) is 16.4 Å². The molecule has 0 spiro atoms. The van der Waals surface area contributed by atoms with Gasteiger partial charge in [0.15, 0.2) is 11.5 Å². The topological polar surface area (TPSA) is 48.0 Å². The molecule has 0 atom stereocenters. The van der Waals surface area contributed by atoms with Gasteiger partial charge in [0.05, 0.1) is 10.3 Å². The highest BCUT2D eigenvalue weighted by molar-refractivity contribution is 7.13. The van der Waals surface area contributed by atoms with Gasteiger partial charge in [0.2, 0.25) is 0 Å². The predicted octanol–water partition coefficient (Wildman–Crippen LogP) is 4.22. The number of aromatic nitrogens is 5. The van der Waals surface area contributed by atoms with E-state index in [1.165, 1.54) is 17.7 Å². The van der Waals surface area contributed by atoms with Crippen LogP contribution in [-0.4, -0.2) is 24.1 Å². The summed E-state index contributed by atoms with van der Waals surface area (Å²) in [6.45, 7) is 7.54. The minimum absolute atomic E-state index is 0.771. The normalized spacial score (nSPS) is 11.8. The van der Waals surface area contributed by atoms with Crippen LogP contribution in [0.3, 0.4) is 0 Å². The first-order valence-corrected chi connectivity index (χ1v) is 8.83. The first-order valence-electron chi connectivity index (χ1n) is 7.95. The Balaban J connectivity index is 1.97. The largest absolute Gasteiger partial charge is 0.329 e. The van der Waals surface area contributed by atoms with E-state index in [1.807, 2.05) is 11.4 Å². The fourth-order valence-electron chi connectivity index (χ4n) is 3.03. The Labute approximate surface area is 138 Å². The third-order valence-electron chi connectivity index (χ3n) is 4.42. The lowest BCUT2D eigenvalue weighted by molar-refractivity contribution is 0.631. The van der Waals surface area contributed by atoms with E-state index in [4.69, 9.17) is 4.98 Å². The lowest BCUT2D eigenvalue weighted by Crippen LogP contribution is -2.01. The zero-order valence-corrected chi connectivity index (χ0v) is 14.4. The lowest BCUT2D eigenvalue weighted by atomic mass is 10.2. The molecular formula is C17H19N5S. The van der Waals surface area contributed by atoms with Gasteiger partial charge in [-0.05, 0) is 37.3 Å². The molecule has 4 aromatic rings.